The zero-order chi connectivity index (χ0) is 19.5. The molecule has 4 rings (SSSR count). The Kier molecular flexibility index (Phi) is 5.02. The van der Waals surface area contributed by atoms with E-state index in [4.69, 9.17) is 9.47 Å². The molecule has 0 N–H and O–H groups in total. The van der Waals surface area contributed by atoms with Gasteiger partial charge in [-0.05, 0) is 35.2 Å². The second kappa shape index (κ2) is 7.76. The first-order valence-electron chi connectivity index (χ1n) is 9.28. The smallest absolute Gasteiger partial charge is 0.329 e. The summed E-state index contributed by atoms with van der Waals surface area (Å²) >= 11 is 0. The summed E-state index contributed by atoms with van der Waals surface area (Å²) in [6, 6.07) is 14.3. The zero-order valence-corrected chi connectivity index (χ0v) is 16.0. The molecule has 0 saturated heterocycles. The number of carbonyl (C=O) groups is 1. The van der Waals surface area contributed by atoms with Crippen molar-refractivity contribution in [3.63, 3.8) is 0 Å². The molecule has 1 unspecified atom stereocenters. The fourth-order valence-corrected chi connectivity index (χ4v) is 3.82. The van der Waals surface area contributed by atoms with Gasteiger partial charge in [0.2, 0.25) is 0 Å². The highest BCUT2D eigenvalue weighted by Crippen LogP contribution is 2.38. The Hall–Kier alpha value is -3.28. The largest absolute Gasteiger partial charge is 0.493 e. The molecule has 28 heavy (non-hydrogen) atoms. The van der Waals surface area contributed by atoms with E-state index in [0.717, 1.165) is 6.42 Å². The number of benzene rings is 2. The fraction of sp³-hybridized carbons (Fsp3) is 0.273. The standard InChI is InChI=1S/C22H23N3O3/c1-27-20-12-17-8-10-24(22(26)25-11-9-23-15-25)14-19(16-6-4-3-5-7-16)18(17)13-21(20)28-2/h3-7,9,11-13,15,19H,8,10,14H2,1-2H3. The van der Waals surface area contributed by atoms with Gasteiger partial charge in [-0.25, -0.2) is 9.78 Å². The molecule has 1 aliphatic heterocycles. The molecule has 6 heteroatoms. The first kappa shape index (κ1) is 18.1. The number of hydrogen-bond acceptors (Lipinski definition) is 4. The molecule has 0 fully saturated rings. The minimum absolute atomic E-state index is 0.0472. The van der Waals surface area contributed by atoms with Gasteiger partial charge < -0.3 is 14.4 Å². The summed E-state index contributed by atoms with van der Waals surface area (Å²) in [7, 11) is 3.29. The van der Waals surface area contributed by atoms with Gasteiger partial charge in [0.1, 0.15) is 6.33 Å². The Morgan fingerprint density at radius 1 is 1.11 bits per heavy atom. The summed E-state index contributed by atoms with van der Waals surface area (Å²) in [6.07, 6.45) is 5.60. The van der Waals surface area contributed by atoms with Gasteiger partial charge in [-0.15, -0.1) is 0 Å². The summed E-state index contributed by atoms with van der Waals surface area (Å²) in [5, 5.41) is 0. The van der Waals surface area contributed by atoms with Gasteiger partial charge in [0.05, 0.1) is 14.2 Å². The number of ether oxygens (including phenoxy) is 2. The van der Waals surface area contributed by atoms with Crippen molar-refractivity contribution in [2.75, 3.05) is 27.3 Å². The number of carbonyl (C=O) groups excluding carboxylic acids is 1. The Morgan fingerprint density at radius 3 is 2.54 bits per heavy atom. The third kappa shape index (κ3) is 3.33. The molecule has 1 amide bonds. The molecule has 2 heterocycles. The van der Waals surface area contributed by atoms with Crippen molar-refractivity contribution < 1.29 is 14.3 Å². The monoisotopic (exact) mass is 377 g/mol. The Morgan fingerprint density at radius 2 is 1.86 bits per heavy atom. The quantitative estimate of drug-likeness (QED) is 0.700. The second-order valence-electron chi connectivity index (χ2n) is 6.82. The van der Waals surface area contributed by atoms with Crippen molar-refractivity contribution in [1.29, 1.82) is 0 Å². The summed E-state index contributed by atoms with van der Waals surface area (Å²) in [6.45, 7) is 1.21. The maximum atomic E-state index is 13.0. The van der Waals surface area contributed by atoms with E-state index in [0.29, 0.717) is 24.6 Å². The molecule has 0 aliphatic carbocycles. The van der Waals surface area contributed by atoms with Gasteiger partial charge in [-0.3, -0.25) is 4.57 Å². The number of rotatable bonds is 3. The van der Waals surface area contributed by atoms with Crippen LogP contribution in [0.15, 0.2) is 61.2 Å². The highest BCUT2D eigenvalue weighted by molar-refractivity contribution is 5.77. The minimum atomic E-state index is -0.0647. The number of imidazole rings is 1. The van der Waals surface area contributed by atoms with Crippen LogP contribution in [-0.4, -0.2) is 47.8 Å². The number of methoxy groups -OCH3 is 2. The summed E-state index contributed by atoms with van der Waals surface area (Å²) in [4.78, 5) is 18.9. The van der Waals surface area contributed by atoms with E-state index in [1.807, 2.05) is 29.2 Å². The molecular weight excluding hydrogens is 354 g/mol. The molecule has 1 atom stereocenters. The summed E-state index contributed by atoms with van der Waals surface area (Å²) in [5.74, 6) is 1.46. The van der Waals surface area contributed by atoms with Crippen LogP contribution in [0.25, 0.3) is 0 Å². The molecule has 1 aromatic heterocycles. The Balaban J connectivity index is 1.78. The lowest BCUT2D eigenvalue weighted by molar-refractivity contribution is 0.200. The van der Waals surface area contributed by atoms with E-state index in [2.05, 4.69) is 23.2 Å². The second-order valence-corrected chi connectivity index (χ2v) is 6.82. The Bertz CT molecular complexity index is 955. The van der Waals surface area contributed by atoms with Crippen LogP contribution in [0, 0.1) is 0 Å². The van der Waals surface area contributed by atoms with Crippen LogP contribution in [0.3, 0.4) is 0 Å². The van der Waals surface area contributed by atoms with Crippen LogP contribution in [0.5, 0.6) is 11.5 Å². The maximum Gasteiger partial charge on any atom is 0.329 e. The summed E-state index contributed by atoms with van der Waals surface area (Å²) in [5.41, 5.74) is 3.51. The Labute approximate surface area is 164 Å². The SMILES string of the molecule is COc1cc2c(cc1OC)C(c1ccccc1)CN(C(=O)n1ccnc1)CC2. The fourth-order valence-electron chi connectivity index (χ4n) is 3.82. The van der Waals surface area contributed by atoms with Crippen molar-refractivity contribution in [3.8, 4) is 11.5 Å². The van der Waals surface area contributed by atoms with Crippen LogP contribution in [0.2, 0.25) is 0 Å². The van der Waals surface area contributed by atoms with Crippen LogP contribution in [0.4, 0.5) is 4.79 Å². The predicted octanol–water partition coefficient (Wildman–Crippen LogP) is 3.56. The molecule has 0 bridgehead atoms. The number of fused-ring (bicyclic) bond motifs is 1. The van der Waals surface area contributed by atoms with E-state index >= 15 is 0 Å². The number of aromatic nitrogens is 2. The van der Waals surface area contributed by atoms with Crippen LogP contribution in [-0.2, 0) is 6.42 Å². The molecule has 0 saturated carbocycles. The molecule has 2 aromatic carbocycles. The first-order chi connectivity index (χ1) is 13.7. The number of amides is 1. The lowest BCUT2D eigenvalue weighted by atomic mass is 9.87. The average molecular weight is 377 g/mol. The average Bonchev–Trinajstić information content (AvgIpc) is 3.22. The van der Waals surface area contributed by atoms with Gasteiger partial charge in [0.25, 0.3) is 0 Å². The maximum absolute atomic E-state index is 13.0. The summed E-state index contributed by atoms with van der Waals surface area (Å²) < 4.78 is 12.6. The van der Waals surface area contributed by atoms with Crippen molar-refractivity contribution in [2.24, 2.45) is 0 Å². The molecule has 144 valence electrons. The van der Waals surface area contributed by atoms with Crippen molar-refractivity contribution >= 4 is 6.03 Å². The van der Waals surface area contributed by atoms with E-state index in [9.17, 15) is 4.79 Å². The van der Waals surface area contributed by atoms with Gasteiger partial charge in [-0.1, -0.05) is 30.3 Å². The molecular formula is C22H23N3O3. The van der Waals surface area contributed by atoms with E-state index in [1.165, 1.54) is 21.3 Å². The van der Waals surface area contributed by atoms with Crippen molar-refractivity contribution in [2.45, 2.75) is 12.3 Å². The van der Waals surface area contributed by atoms with Gasteiger partial charge in [0, 0.05) is 31.4 Å². The van der Waals surface area contributed by atoms with Gasteiger partial charge >= 0.3 is 6.03 Å². The third-order valence-corrected chi connectivity index (χ3v) is 5.27. The number of nitrogens with zero attached hydrogens (tertiary/aromatic N) is 3. The third-order valence-electron chi connectivity index (χ3n) is 5.27. The molecule has 3 aromatic rings. The topological polar surface area (TPSA) is 56.6 Å². The number of hydrogen-bond donors (Lipinski definition) is 0. The lowest BCUT2D eigenvalue weighted by Crippen LogP contribution is -2.37. The van der Waals surface area contributed by atoms with E-state index in [1.54, 1.807) is 32.9 Å². The van der Waals surface area contributed by atoms with Crippen molar-refractivity contribution in [3.05, 3.63) is 77.9 Å². The predicted molar refractivity (Wildman–Crippen MR) is 106 cm³/mol. The lowest BCUT2D eigenvalue weighted by Gasteiger charge is -2.25. The molecule has 6 nitrogen and oxygen atoms in total. The van der Waals surface area contributed by atoms with Crippen LogP contribution >= 0.6 is 0 Å². The van der Waals surface area contributed by atoms with Gasteiger partial charge in [-0.2, -0.15) is 0 Å². The molecule has 1 aliphatic rings. The zero-order valence-electron chi connectivity index (χ0n) is 16.0. The highest BCUT2D eigenvalue weighted by Gasteiger charge is 2.29. The van der Waals surface area contributed by atoms with Gasteiger partial charge in [0.15, 0.2) is 11.5 Å². The van der Waals surface area contributed by atoms with E-state index < -0.39 is 0 Å². The molecule has 0 radical (unpaired) electrons. The first-order valence-corrected chi connectivity index (χ1v) is 9.28. The van der Waals surface area contributed by atoms with Crippen LogP contribution in [0.1, 0.15) is 22.6 Å². The van der Waals surface area contributed by atoms with Crippen molar-refractivity contribution in [1.82, 2.24) is 14.5 Å². The highest BCUT2D eigenvalue weighted by atomic mass is 16.5. The van der Waals surface area contributed by atoms with Crippen LogP contribution < -0.4 is 9.47 Å². The van der Waals surface area contributed by atoms with E-state index in [-0.39, 0.29) is 11.9 Å². The normalized spacial score (nSPS) is 16.2. The minimum Gasteiger partial charge on any atom is -0.493 e. The molecule has 0 spiro atoms.